The summed E-state index contributed by atoms with van der Waals surface area (Å²) in [6.07, 6.45) is 1.79. The zero-order chi connectivity index (χ0) is 22.5. The van der Waals surface area contributed by atoms with Gasteiger partial charge in [-0.25, -0.2) is 9.78 Å². The normalized spacial score (nSPS) is 11.2. The summed E-state index contributed by atoms with van der Waals surface area (Å²) in [4.78, 5) is 16.2. The molecule has 0 spiro atoms. The highest BCUT2D eigenvalue weighted by Crippen LogP contribution is 2.26. The zero-order valence-electron chi connectivity index (χ0n) is 17.8. The Kier molecular flexibility index (Phi) is 6.00. The molecule has 0 N–H and O–H groups in total. The van der Waals surface area contributed by atoms with Crippen molar-refractivity contribution in [1.82, 2.24) is 9.55 Å². The predicted octanol–water partition coefficient (Wildman–Crippen LogP) is 5.00. The predicted molar refractivity (Wildman–Crippen MR) is 123 cm³/mol. The molecule has 1 heterocycles. The maximum absolute atomic E-state index is 11.6. The number of allylic oxidation sites excluding steroid dienone is 1. The number of ether oxygens (including phenoxy) is 2. The Morgan fingerprint density at radius 2 is 1.78 bits per heavy atom. The molecule has 4 aromatic rings. The van der Waals surface area contributed by atoms with E-state index in [1.54, 1.807) is 18.2 Å². The Bertz CT molecular complexity index is 1350. The van der Waals surface area contributed by atoms with Crippen molar-refractivity contribution in [3.8, 4) is 11.8 Å². The van der Waals surface area contributed by atoms with Crippen molar-refractivity contribution in [1.29, 1.82) is 5.26 Å². The Morgan fingerprint density at radius 1 is 1.06 bits per heavy atom. The molecule has 0 unspecified atom stereocenters. The van der Waals surface area contributed by atoms with Crippen LogP contribution in [0, 0.1) is 11.3 Å². The summed E-state index contributed by atoms with van der Waals surface area (Å²) in [5.74, 6) is 0.872. The van der Waals surface area contributed by atoms with E-state index < -0.39 is 0 Å². The number of nitriles is 1. The number of carbonyl (C=O) groups excluding carboxylic acids is 1. The fourth-order valence-corrected chi connectivity index (χ4v) is 3.44. The second-order valence-corrected chi connectivity index (χ2v) is 7.17. The monoisotopic (exact) mass is 423 g/mol. The van der Waals surface area contributed by atoms with Crippen LogP contribution in [0.1, 0.15) is 27.3 Å². The van der Waals surface area contributed by atoms with Crippen LogP contribution in [0.25, 0.3) is 22.7 Å². The standard InChI is InChI=1S/C26H21N3O3/c1-29-23-9-5-4-8-22(23)28-25(29)21(16-27)15-20-7-3-6-10-24(20)32-17-18-11-13-19(14-12-18)26(30)31-2/h3-15H,17H2,1-2H3/b21-15-. The molecule has 0 radical (unpaired) electrons. The third-order valence-electron chi connectivity index (χ3n) is 5.14. The van der Waals surface area contributed by atoms with E-state index in [0.29, 0.717) is 29.3 Å². The lowest BCUT2D eigenvalue weighted by atomic mass is 10.1. The second-order valence-electron chi connectivity index (χ2n) is 7.17. The first kappa shape index (κ1) is 20.9. The summed E-state index contributed by atoms with van der Waals surface area (Å²) < 4.78 is 12.7. The van der Waals surface area contributed by atoms with Gasteiger partial charge < -0.3 is 14.0 Å². The minimum Gasteiger partial charge on any atom is -0.488 e. The summed E-state index contributed by atoms with van der Waals surface area (Å²) >= 11 is 0. The fourth-order valence-electron chi connectivity index (χ4n) is 3.44. The Hall–Kier alpha value is -4.37. The number of rotatable bonds is 6. The number of esters is 1. The van der Waals surface area contributed by atoms with Crippen LogP contribution in [0.2, 0.25) is 0 Å². The number of aryl methyl sites for hydroxylation is 1. The minimum atomic E-state index is -0.376. The number of para-hydroxylation sites is 3. The molecule has 1 aromatic heterocycles. The molecule has 6 heteroatoms. The van der Waals surface area contributed by atoms with Gasteiger partial charge >= 0.3 is 5.97 Å². The largest absolute Gasteiger partial charge is 0.488 e. The van der Waals surface area contributed by atoms with Crippen LogP contribution >= 0.6 is 0 Å². The highest BCUT2D eigenvalue weighted by molar-refractivity contribution is 5.91. The lowest BCUT2D eigenvalue weighted by Crippen LogP contribution is -2.02. The van der Waals surface area contributed by atoms with Crippen LogP contribution in [0.5, 0.6) is 5.75 Å². The summed E-state index contributed by atoms with van der Waals surface area (Å²) in [6.45, 7) is 0.320. The molecule has 0 amide bonds. The molecule has 0 saturated heterocycles. The molecule has 3 aromatic carbocycles. The number of methoxy groups -OCH3 is 1. The number of fused-ring (bicyclic) bond motifs is 1. The van der Waals surface area contributed by atoms with Gasteiger partial charge in [-0.2, -0.15) is 5.26 Å². The molecule has 0 aliphatic carbocycles. The van der Waals surface area contributed by atoms with Crippen LogP contribution in [0.3, 0.4) is 0 Å². The number of hydrogen-bond acceptors (Lipinski definition) is 5. The van der Waals surface area contributed by atoms with Gasteiger partial charge in [0, 0.05) is 12.6 Å². The van der Waals surface area contributed by atoms with E-state index in [9.17, 15) is 10.1 Å². The van der Waals surface area contributed by atoms with Gasteiger partial charge in [0.2, 0.25) is 0 Å². The summed E-state index contributed by atoms with van der Waals surface area (Å²) in [7, 11) is 3.25. The van der Waals surface area contributed by atoms with Crippen LogP contribution in [-0.4, -0.2) is 22.6 Å². The van der Waals surface area contributed by atoms with Gasteiger partial charge in [0.1, 0.15) is 18.4 Å². The summed E-state index contributed by atoms with van der Waals surface area (Å²) in [6, 6.07) is 24.6. The van der Waals surface area contributed by atoms with Crippen LogP contribution in [0.4, 0.5) is 0 Å². The van der Waals surface area contributed by atoms with Crippen molar-refractivity contribution in [3.05, 3.63) is 95.3 Å². The smallest absolute Gasteiger partial charge is 0.337 e. The van der Waals surface area contributed by atoms with Gasteiger partial charge in [0.15, 0.2) is 5.82 Å². The molecule has 0 saturated carbocycles. The number of benzene rings is 3. The Morgan fingerprint density at radius 3 is 2.50 bits per heavy atom. The molecule has 0 bridgehead atoms. The van der Waals surface area contributed by atoms with E-state index in [1.165, 1.54) is 7.11 Å². The molecule has 0 aliphatic heterocycles. The van der Waals surface area contributed by atoms with E-state index in [2.05, 4.69) is 11.1 Å². The van der Waals surface area contributed by atoms with E-state index in [0.717, 1.165) is 22.2 Å². The first-order chi connectivity index (χ1) is 15.6. The maximum atomic E-state index is 11.6. The van der Waals surface area contributed by atoms with Crippen molar-refractivity contribution in [2.24, 2.45) is 7.05 Å². The Balaban J connectivity index is 1.59. The van der Waals surface area contributed by atoms with E-state index in [-0.39, 0.29) is 5.97 Å². The van der Waals surface area contributed by atoms with Gasteiger partial charge in [-0.3, -0.25) is 0 Å². The quantitative estimate of drug-likeness (QED) is 0.322. The third kappa shape index (κ3) is 4.23. The number of aromatic nitrogens is 2. The second kappa shape index (κ2) is 9.19. The van der Waals surface area contributed by atoms with Crippen molar-refractivity contribution >= 4 is 28.7 Å². The van der Waals surface area contributed by atoms with E-state index in [4.69, 9.17) is 9.47 Å². The zero-order valence-corrected chi connectivity index (χ0v) is 17.8. The van der Waals surface area contributed by atoms with Gasteiger partial charge in [-0.15, -0.1) is 0 Å². The molecular weight excluding hydrogens is 402 g/mol. The lowest BCUT2D eigenvalue weighted by Gasteiger charge is -2.10. The van der Waals surface area contributed by atoms with Gasteiger partial charge in [0.05, 0.1) is 29.3 Å². The molecule has 32 heavy (non-hydrogen) atoms. The van der Waals surface area contributed by atoms with Crippen molar-refractivity contribution in [2.75, 3.05) is 7.11 Å². The van der Waals surface area contributed by atoms with Crippen molar-refractivity contribution in [2.45, 2.75) is 6.61 Å². The summed E-state index contributed by atoms with van der Waals surface area (Å²) in [5.41, 5.74) is 4.42. The number of imidazole rings is 1. The van der Waals surface area contributed by atoms with Gasteiger partial charge in [0.25, 0.3) is 0 Å². The lowest BCUT2D eigenvalue weighted by molar-refractivity contribution is 0.0600. The molecule has 0 fully saturated rings. The van der Waals surface area contributed by atoms with Crippen molar-refractivity contribution in [3.63, 3.8) is 0 Å². The number of carbonyl (C=O) groups is 1. The molecule has 4 rings (SSSR count). The van der Waals surface area contributed by atoms with E-state index >= 15 is 0 Å². The molecular formula is C26H21N3O3. The molecule has 6 nitrogen and oxygen atoms in total. The van der Waals surface area contributed by atoms with Crippen molar-refractivity contribution < 1.29 is 14.3 Å². The van der Waals surface area contributed by atoms with Crippen LogP contribution in [-0.2, 0) is 18.4 Å². The highest BCUT2D eigenvalue weighted by atomic mass is 16.5. The first-order valence-corrected chi connectivity index (χ1v) is 10.0. The van der Waals surface area contributed by atoms with Gasteiger partial charge in [-0.05, 0) is 42.0 Å². The average molecular weight is 423 g/mol. The van der Waals surface area contributed by atoms with Gasteiger partial charge in [-0.1, -0.05) is 42.5 Å². The fraction of sp³-hybridized carbons (Fsp3) is 0.115. The highest BCUT2D eigenvalue weighted by Gasteiger charge is 2.13. The SMILES string of the molecule is COC(=O)c1ccc(COc2ccccc2/C=C(/C#N)c2nc3ccccc3n2C)cc1. The number of hydrogen-bond donors (Lipinski definition) is 0. The Labute approximate surface area is 186 Å². The summed E-state index contributed by atoms with van der Waals surface area (Å²) in [5, 5.41) is 9.83. The molecule has 158 valence electrons. The van der Waals surface area contributed by atoms with Crippen LogP contribution in [0.15, 0.2) is 72.8 Å². The third-order valence-corrected chi connectivity index (χ3v) is 5.14. The topological polar surface area (TPSA) is 77.1 Å². The maximum Gasteiger partial charge on any atom is 0.337 e. The molecule has 0 aliphatic rings. The molecule has 0 atom stereocenters. The first-order valence-electron chi connectivity index (χ1n) is 10.0. The van der Waals surface area contributed by atoms with Crippen LogP contribution < -0.4 is 4.74 Å². The number of nitrogens with zero attached hydrogens (tertiary/aromatic N) is 3. The average Bonchev–Trinajstić information content (AvgIpc) is 3.18. The minimum absolute atomic E-state index is 0.320. The van der Waals surface area contributed by atoms with E-state index in [1.807, 2.05) is 72.3 Å².